The minimum absolute atomic E-state index is 0.120. The van der Waals surface area contributed by atoms with E-state index in [9.17, 15) is 0 Å². The van der Waals surface area contributed by atoms with Gasteiger partial charge in [0.15, 0.2) is 0 Å². The van der Waals surface area contributed by atoms with E-state index in [1.807, 2.05) is 0 Å². The maximum Gasteiger partial charge on any atom is 0.0390 e. The fourth-order valence-electron chi connectivity index (χ4n) is 3.11. The van der Waals surface area contributed by atoms with Gasteiger partial charge in [0, 0.05) is 11.4 Å². The Morgan fingerprint density at radius 3 is 1.48 bits per heavy atom. The van der Waals surface area contributed by atoms with Gasteiger partial charge in [-0.15, -0.1) is 0 Å². The van der Waals surface area contributed by atoms with Crippen LogP contribution >= 0.6 is 0 Å². The Balaban J connectivity index is 1.91. The number of benzene rings is 3. The van der Waals surface area contributed by atoms with Crippen LogP contribution in [0.4, 0.5) is 11.4 Å². The van der Waals surface area contributed by atoms with Crippen LogP contribution in [0.2, 0.25) is 0 Å². The minimum atomic E-state index is 0.120. The topological polar surface area (TPSA) is 12.0 Å². The summed E-state index contributed by atoms with van der Waals surface area (Å²) in [6, 6.07) is 26.1. The quantitative estimate of drug-likeness (QED) is 0.506. The van der Waals surface area contributed by atoms with E-state index < -0.39 is 0 Å². The van der Waals surface area contributed by atoms with E-state index in [1.54, 1.807) is 0 Å². The molecule has 0 saturated heterocycles. The van der Waals surface area contributed by atoms with E-state index >= 15 is 0 Å². The molecule has 0 aliphatic rings. The highest BCUT2D eigenvalue weighted by Gasteiger charge is 2.20. The summed E-state index contributed by atoms with van der Waals surface area (Å²) in [7, 11) is 0. The first-order valence-electron chi connectivity index (χ1n) is 9.71. The molecule has 3 aromatic carbocycles. The Bertz CT molecular complexity index is 859. The van der Waals surface area contributed by atoms with Crippen LogP contribution in [-0.4, -0.2) is 0 Å². The summed E-state index contributed by atoms with van der Waals surface area (Å²) >= 11 is 0. The van der Waals surface area contributed by atoms with Crippen molar-refractivity contribution in [2.24, 2.45) is 0 Å². The number of hydrogen-bond donors (Lipinski definition) is 1. The second-order valence-electron chi connectivity index (χ2n) is 9.37. The highest BCUT2D eigenvalue weighted by atomic mass is 14.9. The summed E-state index contributed by atoms with van der Waals surface area (Å²) < 4.78 is 0. The molecule has 0 fully saturated rings. The van der Waals surface area contributed by atoms with Crippen LogP contribution in [0.15, 0.2) is 72.8 Å². The van der Waals surface area contributed by atoms with Gasteiger partial charge in [0.2, 0.25) is 0 Å². The third-order valence-electron chi connectivity index (χ3n) is 4.95. The molecule has 1 heteroatoms. The van der Waals surface area contributed by atoms with E-state index in [1.165, 1.54) is 22.3 Å². The minimum Gasteiger partial charge on any atom is -0.356 e. The first-order chi connectivity index (χ1) is 12.6. The van der Waals surface area contributed by atoms with Gasteiger partial charge >= 0.3 is 0 Å². The average molecular weight is 358 g/mol. The van der Waals surface area contributed by atoms with Gasteiger partial charge in [0.25, 0.3) is 0 Å². The summed E-state index contributed by atoms with van der Waals surface area (Å²) in [5.41, 5.74) is 7.70. The van der Waals surface area contributed by atoms with Crippen LogP contribution in [0.25, 0.3) is 11.1 Å². The van der Waals surface area contributed by atoms with Gasteiger partial charge in [-0.05, 0) is 57.3 Å². The van der Waals surface area contributed by atoms with Crippen LogP contribution in [0.5, 0.6) is 0 Å². The molecule has 140 valence electrons. The lowest BCUT2D eigenvalue weighted by atomic mass is 9.80. The highest BCUT2D eigenvalue weighted by molar-refractivity contribution is 5.69. The van der Waals surface area contributed by atoms with Gasteiger partial charge in [0.05, 0.1) is 0 Å². The van der Waals surface area contributed by atoms with Crippen molar-refractivity contribution in [2.75, 3.05) is 5.32 Å². The number of nitrogens with one attached hydrogen (secondary N) is 1. The van der Waals surface area contributed by atoms with Gasteiger partial charge in [-0.3, -0.25) is 0 Å². The molecule has 0 atom stereocenters. The first kappa shape index (κ1) is 19.2. The molecule has 0 bridgehead atoms. The molecule has 0 amide bonds. The zero-order chi connectivity index (χ0) is 19.7. The van der Waals surface area contributed by atoms with Crippen molar-refractivity contribution in [1.82, 2.24) is 0 Å². The summed E-state index contributed by atoms with van der Waals surface area (Å²) in [6.07, 6.45) is 0. The molecule has 0 aromatic heterocycles. The molecule has 3 aromatic rings. The SMILES string of the molecule is CC(C)(C)c1cc(Nc2ccc(-c3ccccc3)cc2)cc(C(C)(C)C)c1. The molecule has 0 aliphatic heterocycles. The van der Waals surface area contributed by atoms with Crippen molar-refractivity contribution >= 4 is 11.4 Å². The average Bonchev–Trinajstić information content (AvgIpc) is 2.61. The summed E-state index contributed by atoms with van der Waals surface area (Å²) in [5, 5.41) is 3.61. The van der Waals surface area contributed by atoms with Gasteiger partial charge in [-0.2, -0.15) is 0 Å². The number of anilines is 2. The van der Waals surface area contributed by atoms with Gasteiger partial charge in [-0.25, -0.2) is 0 Å². The molecule has 1 nitrogen and oxygen atoms in total. The summed E-state index contributed by atoms with van der Waals surface area (Å²) in [4.78, 5) is 0. The zero-order valence-electron chi connectivity index (χ0n) is 17.4. The van der Waals surface area contributed by atoms with Crippen molar-refractivity contribution in [3.8, 4) is 11.1 Å². The smallest absolute Gasteiger partial charge is 0.0390 e. The Morgan fingerprint density at radius 2 is 1.00 bits per heavy atom. The molecule has 0 heterocycles. The van der Waals surface area contributed by atoms with E-state index in [0.29, 0.717) is 0 Å². The van der Waals surface area contributed by atoms with Crippen molar-refractivity contribution in [1.29, 1.82) is 0 Å². The molecular formula is C26H31N. The van der Waals surface area contributed by atoms with Crippen LogP contribution in [0.1, 0.15) is 52.7 Å². The van der Waals surface area contributed by atoms with E-state index in [0.717, 1.165) is 11.4 Å². The fourth-order valence-corrected chi connectivity index (χ4v) is 3.11. The van der Waals surface area contributed by atoms with Gasteiger partial charge < -0.3 is 5.32 Å². The Kier molecular flexibility index (Phi) is 5.15. The Labute approximate surface area is 164 Å². The molecule has 3 rings (SSSR count). The third-order valence-corrected chi connectivity index (χ3v) is 4.95. The van der Waals surface area contributed by atoms with E-state index in [4.69, 9.17) is 0 Å². The molecule has 27 heavy (non-hydrogen) atoms. The first-order valence-corrected chi connectivity index (χ1v) is 9.71. The third kappa shape index (κ3) is 4.80. The van der Waals surface area contributed by atoms with Gasteiger partial charge in [-0.1, -0.05) is 90.1 Å². The monoisotopic (exact) mass is 357 g/mol. The van der Waals surface area contributed by atoms with E-state index in [2.05, 4.69) is 120 Å². The predicted molar refractivity (Wildman–Crippen MR) is 119 cm³/mol. The molecule has 0 aliphatic carbocycles. The lowest BCUT2D eigenvalue weighted by molar-refractivity contribution is 0.569. The second kappa shape index (κ2) is 7.23. The van der Waals surface area contributed by atoms with Crippen molar-refractivity contribution in [2.45, 2.75) is 52.4 Å². The lowest BCUT2D eigenvalue weighted by Crippen LogP contribution is -2.16. The van der Waals surface area contributed by atoms with Crippen LogP contribution < -0.4 is 5.32 Å². The van der Waals surface area contributed by atoms with E-state index in [-0.39, 0.29) is 10.8 Å². The zero-order valence-corrected chi connectivity index (χ0v) is 17.4. The predicted octanol–water partition coefficient (Wildman–Crippen LogP) is 7.69. The molecule has 1 N–H and O–H groups in total. The highest BCUT2D eigenvalue weighted by Crippen LogP contribution is 2.33. The fraction of sp³-hybridized carbons (Fsp3) is 0.308. The lowest BCUT2D eigenvalue weighted by Gasteiger charge is -2.26. The largest absolute Gasteiger partial charge is 0.356 e. The van der Waals surface area contributed by atoms with Crippen LogP contribution in [0.3, 0.4) is 0 Å². The Hall–Kier alpha value is -2.54. The van der Waals surface area contributed by atoms with Crippen LogP contribution in [-0.2, 0) is 10.8 Å². The van der Waals surface area contributed by atoms with Crippen molar-refractivity contribution in [3.05, 3.63) is 83.9 Å². The maximum absolute atomic E-state index is 3.61. The number of hydrogen-bond acceptors (Lipinski definition) is 1. The second-order valence-corrected chi connectivity index (χ2v) is 9.37. The molecular weight excluding hydrogens is 326 g/mol. The normalized spacial score (nSPS) is 12.1. The molecule has 0 saturated carbocycles. The van der Waals surface area contributed by atoms with Crippen LogP contribution in [0, 0.1) is 0 Å². The summed E-state index contributed by atoms with van der Waals surface area (Å²) in [6.45, 7) is 13.6. The molecule has 0 radical (unpaired) electrons. The molecule has 0 spiro atoms. The Morgan fingerprint density at radius 1 is 0.519 bits per heavy atom. The van der Waals surface area contributed by atoms with Crippen molar-refractivity contribution < 1.29 is 0 Å². The number of rotatable bonds is 3. The van der Waals surface area contributed by atoms with Crippen molar-refractivity contribution in [3.63, 3.8) is 0 Å². The summed E-state index contributed by atoms with van der Waals surface area (Å²) in [5.74, 6) is 0. The standard InChI is InChI=1S/C26H31N/c1-25(2,3)21-16-22(26(4,5)6)18-24(17-21)27-23-14-12-20(13-15-23)19-10-8-7-9-11-19/h7-18,27H,1-6H3. The maximum atomic E-state index is 3.61. The van der Waals surface area contributed by atoms with Gasteiger partial charge in [0.1, 0.15) is 0 Å². The molecule has 0 unspecified atom stereocenters.